The van der Waals surface area contributed by atoms with Gasteiger partial charge in [-0.2, -0.15) is 0 Å². The molecule has 2 aromatic carbocycles. The smallest absolute Gasteiger partial charge is 0.306 e. The van der Waals surface area contributed by atoms with E-state index in [0.717, 1.165) is 44.5 Å². The van der Waals surface area contributed by atoms with Gasteiger partial charge in [0.15, 0.2) is 6.10 Å². The van der Waals surface area contributed by atoms with Gasteiger partial charge in [-0.25, -0.2) is 0 Å². The van der Waals surface area contributed by atoms with E-state index in [0.29, 0.717) is 37.5 Å². The molecule has 0 saturated carbocycles. The molecule has 0 radical (unpaired) electrons. The molecule has 2 aromatic rings. The fourth-order valence-electron chi connectivity index (χ4n) is 4.52. The van der Waals surface area contributed by atoms with Crippen LogP contribution < -0.4 is 10.1 Å². The summed E-state index contributed by atoms with van der Waals surface area (Å²) >= 11 is 0. The first-order valence-corrected chi connectivity index (χ1v) is 12.1. The highest BCUT2D eigenvalue weighted by atomic mass is 16.5. The van der Waals surface area contributed by atoms with Crippen molar-refractivity contribution in [3.8, 4) is 5.75 Å². The monoisotopic (exact) mass is 464 g/mol. The third-order valence-corrected chi connectivity index (χ3v) is 6.50. The van der Waals surface area contributed by atoms with Gasteiger partial charge in [-0.3, -0.25) is 19.7 Å². The summed E-state index contributed by atoms with van der Waals surface area (Å²) in [5.41, 5.74) is 2.29. The number of imide groups is 1. The van der Waals surface area contributed by atoms with E-state index >= 15 is 0 Å². The van der Waals surface area contributed by atoms with E-state index in [1.54, 1.807) is 0 Å². The van der Waals surface area contributed by atoms with Gasteiger partial charge in [0.1, 0.15) is 12.4 Å². The predicted molar refractivity (Wildman–Crippen MR) is 127 cm³/mol. The molecule has 7 heteroatoms. The SMILES string of the molecule is O=C1CCC(Oc2ccc(C3CCN(CCCC(=O)OCc4ccccc4)CC3)cc2)C(=O)N1. The molecule has 2 heterocycles. The second-order valence-corrected chi connectivity index (χ2v) is 8.99. The zero-order chi connectivity index (χ0) is 23.8. The number of nitrogens with one attached hydrogen (secondary N) is 1. The number of piperidine rings is 2. The van der Waals surface area contributed by atoms with E-state index in [4.69, 9.17) is 9.47 Å². The number of amides is 2. The van der Waals surface area contributed by atoms with E-state index in [1.807, 2.05) is 42.5 Å². The molecule has 2 aliphatic heterocycles. The molecule has 4 rings (SSSR count). The maximum Gasteiger partial charge on any atom is 0.306 e. The van der Waals surface area contributed by atoms with E-state index in [-0.39, 0.29) is 17.8 Å². The predicted octanol–water partition coefficient (Wildman–Crippen LogP) is 3.57. The number of benzene rings is 2. The topological polar surface area (TPSA) is 84.9 Å². The minimum absolute atomic E-state index is 0.140. The molecule has 34 heavy (non-hydrogen) atoms. The van der Waals surface area contributed by atoms with Gasteiger partial charge in [0.05, 0.1) is 0 Å². The van der Waals surface area contributed by atoms with Crippen LogP contribution in [-0.4, -0.2) is 48.4 Å². The molecule has 1 N–H and O–H groups in total. The Hall–Kier alpha value is -3.19. The summed E-state index contributed by atoms with van der Waals surface area (Å²) in [6, 6.07) is 17.7. The van der Waals surface area contributed by atoms with Crippen molar-refractivity contribution in [2.45, 2.75) is 57.2 Å². The number of esters is 1. The Labute approximate surface area is 200 Å². The van der Waals surface area contributed by atoms with Crippen LogP contribution in [0.2, 0.25) is 0 Å². The van der Waals surface area contributed by atoms with Gasteiger partial charge in [-0.15, -0.1) is 0 Å². The molecule has 2 amide bonds. The van der Waals surface area contributed by atoms with Crippen molar-refractivity contribution < 1.29 is 23.9 Å². The normalized spacial score (nSPS) is 19.5. The molecule has 0 spiro atoms. The molecule has 0 bridgehead atoms. The summed E-state index contributed by atoms with van der Waals surface area (Å²) in [6.07, 6.45) is 3.52. The van der Waals surface area contributed by atoms with E-state index in [2.05, 4.69) is 22.3 Å². The van der Waals surface area contributed by atoms with Gasteiger partial charge in [-0.1, -0.05) is 42.5 Å². The van der Waals surface area contributed by atoms with Crippen LogP contribution in [-0.2, 0) is 25.7 Å². The minimum atomic E-state index is -0.609. The van der Waals surface area contributed by atoms with Crippen molar-refractivity contribution >= 4 is 17.8 Å². The van der Waals surface area contributed by atoms with Crippen LogP contribution in [0.15, 0.2) is 54.6 Å². The van der Waals surface area contributed by atoms with Crippen molar-refractivity contribution in [3.05, 3.63) is 65.7 Å². The van der Waals surface area contributed by atoms with Crippen molar-refractivity contribution in [1.82, 2.24) is 10.2 Å². The van der Waals surface area contributed by atoms with Gasteiger partial charge < -0.3 is 14.4 Å². The average molecular weight is 465 g/mol. The molecular formula is C27H32N2O5. The number of likely N-dealkylation sites (tertiary alicyclic amines) is 1. The molecule has 2 fully saturated rings. The number of hydrogen-bond donors (Lipinski definition) is 1. The largest absolute Gasteiger partial charge is 0.481 e. The Kier molecular flexibility index (Phi) is 8.31. The van der Waals surface area contributed by atoms with Crippen molar-refractivity contribution in [1.29, 1.82) is 0 Å². The van der Waals surface area contributed by atoms with E-state index < -0.39 is 6.10 Å². The van der Waals surface area contributed by atoms with Crippen LogP contribution >= 0.6 is 0 Å². The summed E-state index contributed by atoms with van der Waals surface area (Å²) in [5, 5.41) is 2.32. The summed E-state index contributed by atoms with van der Waals surface area (Å²) in [4.78, 5) is 37.5. The molecule has 180 valence electrons. The molecule has 2 saturated heterocycles. The second kappa shape index (κ2) is 11.8. The summed E-state index contributed by atoms with van der Waals surface area (Å²) < 4.78 is 11.1. The standard InChI is InChI=1S/C27H32N2O5/c30-25-13-12-24(27(32)28-25)34-23-10-8-21(9-11-23)22-14-17-29(18-15-22)16-4-7-26(31)33-19-20-5-2-1-3-6-20/h1-3,5-6,8-11,22,24H,4,7,12-19H2,(H,28,30,32). The minimum Gasteiger partial charge on any atom is -0.481 e. The Balaban J connectivity index is 1.13. The zero-order valence-corrected chi connectivity index (χ0v) is 19.4. The molecule has 2 aliphatic rings. The van der Waals surface area contributed by atoms with Crippen molar-refractivity contribution in [3.63, 3.8) is 0 Å². The lowest BCUT2D eigenvalue weighted by molar-refractivity contribution is -0.145. The Morgan fingerprint density at radius 2 is 1.71 bits per heavy atom. The van der Waals surface area contributed by atoms with Gasteiger partial charge in [0, 0.05) is 19.3 Å². The highest BCUT2D eigenvalue weighted by Crippen LogP contribution is 2.30. The average Bonchev–Trinajstić information content (AvgIpc) is 2.86. The number of rotatable bonds is 9. The van der Waals surface area contributed by atoms with Crippen LogP contribution in [0.25, 0.3) is 0 Å². The first-order valence-electron chi connectivity index (χ1n) is 12.1. The van der Waals surface area contributed by atoms with Gasteiger partial charge >= 0.3 is 5.97 Å². The zero-order valence-electron chi connectivity index (χ0n) is 19.4. The lowest BCUT2D eigenvalue weighted by atomic mass is 9.89. The lowest BCUT2D eigenvalue weighted by Gasteiger charge is -2.32. The number of carbonyl (C=O) groups excluding carboxylic acids is 3. The third-order valence-electron chi connectivity index (χ3n) is 6.50. The highest BCUT2D eigenvalue weighted by Gasteiger charge is 2.28. The number of ether oxygens (including phenoxy) is 2. The summed E-state index contributed by atoms with van der Waals surface area (Å²) in [7, 11) is 0. The maximum absolute atomic E-state index is 12.0. The third kappa shape index (κ3) is 6.90. The van der Waals surface area contributed by atoms with E-state index in [9.17, 15) is 14.4 Å². The van der Waals surface area contributed by atoms with Crippen molar-refractivity contribution in [2.75, 3.05) is 19.6 Å². The number of nitrogens with zero attached hydrogens (tertiary/aromatic N) is 1. The Morgan fingerprint density at radius 3 is 2.41 bits per heavy atom. The number of carbonyl (C=O) groups is 3. The highest BCUT2D eigenvalue weighted by molar-refractivity contribution is 5.99. The van der Waals surface area contributed by atoms with Gasteiger partial charge in [0.2, 0.25) is 5.91 Å². The lowest BCUT2D eigenvalue weighted by Crippen LogP contribution is -2.46. The van der Waals surface area contributed by atoms with Gasteiger partial charge in [0.25, 0.3) is 5.91 Å². The van der Waals surface area contributed by atoms with Crippen LogP contribution in [0.3, 0.4) is 0 Å². The quantitative estimate of drug-likeness (QED) is 0.451. The molecule has 7 nitrogen and oxygen atoms in total. The Bertz CT molecular complexity index is 968. The van der Waals surface area contributed by atoms with Crippen LogP contribution in [0.5, 0.6) is 5.75 Å². The van der Waals surface area contributed by atoms with Gasteiger partial charge in [-0.05, 0) is 68.1 Å². The van der Waals surface area contributed by atoms with Crippen LogP contribution in [0.4, 0.5) is 0 Å². The van der Waals surface area contributed by atoms with Crippen LogP contribution in [0.1, 0.15) is 55.6 Å². The fourth-order valence-corrected chi connectivity index (χ4v) is 4.52. The molecule has 1 unspecified atom stereocenters. The molecule has 1 atom stereocenters. The fraction of sp³-hybridized carbons (Fsp3) is 0.444. The van der Waals surface area contributed by atoms with Crippen molar-refractivity contribution in [2.24, 2.45) is 0 Å². The first kappa shape index (κ1) is 24.0. The van der Waals surface area contributed by atoms with E-state index in [1.165, 1.54) is 5.56 Å². The molecule has 0 aliphatic carbocycles. The summed E-state index contributed by atoms with van der Waals surface area (Å²) in [5.74, 6) is 0.400. The number of hydrogen-bond acceptors (Lipinski definition) is 6. The molecule has 0 aromatic heterocycles. The van der Waals surface area contributed by atoms with Crippen LogP contribution in [0, 0.1) is 0 Å². The Morgan fingerprint density at radius 1 is 0.971 bits per heavy atom. The molecular weight excluding hydrogens is 432 g/mol. The maximum atomic E-state index is 12.0. The summed E-state index contributed by atoms with van der Waals surface area (Å²) in [6.45, 7) is 3.27. The second-order valence-electron chi connectivity index (χ2n) is 8.99. The first-order chi connectivity index (χ1) is 16.6.